The molecule has 0 spiro atoms. The molecule has 1 amide bonds. The summed E-state index contributed by atoms with van der Waals surface area (Å²) in [5.74, 6) is -0.0828. The van der Waals surface area contributed by atoms with Crippen LogP contribution in [0.3, 0.4) is 0 Å². The van der Waals surface area contributed by atoms with Crippen LogP contribution in [0.5, 0.6) is 0 Å². The van der Waals surface area contributed by atoms with Gasteiger partial charge in [0.05, 0.1) is 19.2 Å². The summed E-state index contributed by atoms with van der Waals surface area (Å²) in [7, 11) is 0. The minimum atomic E-state index is -0.0828. The molecule has 1 saturated heterocycles. The number of anilines is 1. The number of nitrogens with zero attached hydrogens (tertiary/aromatic N) is 3. The molecule has 5 nitrogen and oxygen atoms in total. The molecule has 1 aliphatic heterocycles. The lowest BCUT2D eigenvalue weighted by Gasteiger charge is -2.13. The summed E-state index contributed by atoms with van der Waals surface area (Å²) in [5.41, 5.74) is 3.76. The molecule has 0 radical (unpaired) electrons. The summed E-state index contributed by atoms with van der Waals surface area (Å²) in [6, 6.07) is 15.3. The van der Waals surface area contributed by atoms with Gasteiger partial charge in [0.2, 0.25) is 5.91 Å². The van der Waals surface area contributed by atoms with Crippen molar-refractivity contribution in [1.29, 1.82) is 0 Å². The molecule has 1 aliphatic rings. The number of halogens is 1. The molecule has 29 heavy (non-hydrogen) atoms. The van der Waals surface area contributed by atoms with Crippen molar-refractivity contribution in [1.82, 2.24) is 14.7 Å². The number of nitrogens with one attached hydrogen (secondary N) is 1. The van der Waals surface area contributed by atoms with E-state index in [1.54, 1.807) is 6.07 Å². The van der Waals surface area contributed by atoms with Crippen LogP contribution in [0.4, 0.5) is 5.69 Å². The Bertz CT molecular complexity index is 961. The van der Waals surface area contributed by atoms with Crippen LogP contribution in [0.15, 0.2) is 60.9 Å². The van der Waals surface area contributed by atoms with Crippen molar-refractivity contribution in [2.45, 2.75) is 25.8 Å². The van der Waals surface area contributed by atoms with Gasteiger partial charge in [0.1, 0.15) is 0 Å². The first kappa shape index (κ1) is 19.7. The highest BCUT2D eigenvalue weighted by Crippen LogP contribution is 2.22. The fraction of sp³-hybridized carbons (Fsp3) is 0.304. The van der Waals surface area contributed by atoms with E-state index in [1.807, 2.05) is 53.3 Å². The Labute approximate surface area is 176 Å². The average Bonchev–Trinajstić information content (AvgIpc) is 3.40. The van der Waals surface area contributed by atoms with Crippen LogP contribution in [0.1, 0.15) is 18.4 Å². The number of rotatable bonds is 7. The maximum atomic E-state index is 12.3. The lowest BCUT2D eigenvalue weighted by atomic mass is 10.1. The molecule has 0 aliphatic carbocycles. The fourth-order valence-corrected chi connectivity index (χ4v) is 3.85. The number of hydrogen-bond donors (Lipinski definition) is 1. The fourth-order valence-electron chi connectivity index (χ4n) is 3.65. The zero-order valence-corrected chi connectivity index (χ0v) is 17.1. The number of amides is 1. The van der Waals surface area contributed by atoms with Gasteiger partial charge in [-0.3, -0.25) is 9.48 Å². The molecule has 1 N–H and O–H groups in total. The van der Waals surface area contributed by atoms with Crippen molar-refractivity contribution in [3.05, 3.63) is 71.5 Å². The van der Waals surface area contributed by atoms with Crippen LogP contribution in [-0.4, -0.2) is 40.2 Å². The normalized spacial score (nSPS) is 14.2. The number of likely N-dealkylation sites (tertiary alicyclic amines) is 1. The molecule has 2 heterocycles. The van der Waals surface area contributed by atoms with Gasteiger partial charge in [0, 0.05) is 29.0 Å². The molecule has 6 heteroatoms. The minimum absolute atomic E-state index is 0.0828. The molecule has 0 unspecified atom stereocenters. The molecule has 0 bridgehead atoms. The van der Waals surface area contributed by atoms with E-state index >= 15 is 0 Å². The van der Waals surface area contributed by atoms with E-state index in [9.17, 15) is 4.79 Å². The summed E-state index contributed by atoms with van der Waals surface area (Å²) < 4.78 is 2.01. The van der Waals surface area contributed by atoms with Crippen LogP contribution in [0, 0.1) is 0 Å². The van der Waals surface area contributed by atoms with Gasteiger partial charge in [-0.2, -0.15) is 5.10 Å². The monoisotopic (exact) mass is 408 g/mol. The van der Waals surface area contributed by atoms with Gasteiger partial charge >= 0.3 is 0 Å². The molecule has 0 atom stereocenters. The second-order valence-corrected chi connectivity index (χ2v) is 7.84. The molecule has 150 valence electrons. The van der Waals surface area contributed by atoms with Gasteiger partial charge in [-0.05, 0) is 55.3 Å². The topological polar surface area (TPSA) is 50.2 Å². The van der Waals surface area contributed by atoms with Gasteiger partial charge in [-0.25, -0.2) is 0 Å². The van der Waals surface area contributed by atoms with Crippen LogP contribution in [-0.2, 0) is 17.8 Å². The molecule has 2 aromatic carbocycles. The second-order valence-electron chi connectivity index (χ2n) is 7.43. The predicted octanol–water partition coefficient (Wildman–Crippen LogP) is 4.48. The predicted molar refractivity (Wildman–Crippen MR) is 117 cm³/mol. The number of carbonyl (C=O) groups is 1. The van der Waals surface area contributed by atoms with Crippen molar-refractivity contribution in [2.24, 2.45) is 0 Å². The van der Waals surface area contributed by atoms with E-state index in [1.165, 1.54) is 25.9 Å². The highest BCUT2D eigenvalue weighted by Gasteiger charge is 2.11. The van der Waals surface area contributed by atoms with Crippen molar-refractivity contribution in [3.63, 3.8) is 0 Å². The second kappa shape index (κ2) is 9.25. The maximum absolute atomic E-state index is 12.3. The largest absolute Gasteiger partial charge is 0.326 e. The Kier molecular flexibility index (Phi) is 6.27. The third-order valence-electron chi connectivity index (χ3n) is 5.29. The van der Waals surface area contributed by atoms with Crippen molar-refractivity contribution in [2.75, 3.05) is 25.0 Å². The van der Waals surface area contributed by atoms with E-state index in [4.69, 9.17) is 11.6 Å². The molecule has 1 aromatic heterocycles. The lowest BCUT2D eigenvalue weighted by Crippen LogP contribution is -2.24. The van der Waals surface area contributed by atoms with Gasteiger partial charge in [-0.1, -0.05) is 41.9 Å². The zero-order chi connectivity index (χ0) is 20.1. The number of benzene rings is 2. The van der Waals surface area contributed by atoms with Crippen molar-refractivity contribution >= 4 is 23.2 Å². The highest BCUT2D eigenvalue weighted by atomic mass is 35.5. The van der Waals surface area contributed by atoms with Gasteiger partial charge < -0.3 is 10.2 Å². The molecular weight excluding hydrogens is 384 g/mol. The summed E-state index contributed by atoms with van der Waals surface area (Å²) in [5, 5.41) is 8.03. The van der Waals surface area contributed by atoms with Crippen LogP contribution < -0.4 is 5.32 Å². The first-order chi connectivity index (χ1) is 14.2. The molecule has 0 saturated carbocycles. The summed E-state index contributed by atoms with van der Waals surface area (Å²) in [4.78, 5) is 14.8. The van der Waals surface area contributed by atoms with Crippen LogP contribution in [0.25, 0.3) is 11.1 Å². The van der Waals surface area contributed by atoms with Crippen LogP contribution in [0.2, 0.25) is 5.02 Å². The third-order valence-corrected chi connectivity index (χ3v) is 5.66. The van der Waals surface area contributed by atoms with Crippen molar-refractivity contribution < 1.29 is 4.79 Å². The quantitative estimate of drug-likeness (QED) is 0.627. The van der Waals surface area contributed by atoms with E-state index in [-0.39, 0.29) is 12.3 Å². The number of hydrogen-bond acceptors (Lipinski definition) is 3. The Morgan fingerprint density at radius 1 is 1.00 bits per heavy atom. The molecular formula is C23H25ClN4O. The van der Waals surface area contributed by atoms with Crippen LogP contribution >= 0.6 is 11.6 Å². The number of carbonyl (C=O) groups excluding carboxylic acids is 1. The van der Waals surface area contributed by atoms with E-state index in [0.717, 1.165) is 35.5 Å². The average molecular weight is 409 g/mol. The maximum Gasteiger partial charge on any atom is 0.228 e. The number of aromatic nitrogens is 2. The molecule has 4 rings (SSSR count). The summed E-state index contributed by atoms with van der Waals surface area (Å²) in [6.07, 6.45) is 6.86. The lowest BCUT2D eigenvalue weighted by molar-refractivity contribution is -0.115. The summed E-state index contributed by atoms with van der Waals surface area (Å²) >= 11 is 6.13. The Morgan fingerprint density at radius 2 is 1.76 bits per heavy atom. The Balaban J connectivity index is 1.33. The first-order valence-electron chi connectivity index (χ1n) is 10.1. The van der Waals surface area contributed by atoms with E-state index in [0.29, 0.717) is 5.02 Å². The van der Waals surface area contributed by atoms with Crippen molar-refractivity contribution in [3.8, 4) is 11.1 Å². The van der Waals surface area contributed by atoms with E-state index in [2.05, 4.69) is 21.5 Å². The van der Waals surface area contributed by atoms with Gasteiger partial charge in [-0.15, -0.1) is 0 Å². The smallest absolute Gasteiger partial charge is 0.228 e. The Hall–Kier alpha value is -2.63. The van der Waals surface area contributed by atoms with Gasteiger partial charge in [0.25, 0.3) is 0 Å². The molecule has 1 fully saturated rings. The standard InChI is InChI=1S/C23H25ClN4O/c24-22-6-2-1-5-19(22)15-23(29)26-21-9-7-18(8-10-21)20-16-25-28(17-20)14-13-27-11-3-4-12-27/h1-2,5-10,16-17H,3-4,11-15H2,(H,26,29). The third kappa shape index (κ3) is 5.25. The SMILES string of the molecule is O=C(Cc1ccccc1Cl)Nc1ccc(-c2cnn(CCN3CCCC3)c2)cc1. The van der Waals surface area contributed by atoms with E-state index < -0.39 is 0 Å². The van der Waals surface area contributed by atoms with Gasteiger partial charge in [0.15, 0.2) is 0 Å². The Morgan fingerprint density at radius 3 is 2.52 bits per heavy atom. The zero-order valence-electron chi connectivity index (χ0n) is 16.4. The minimum Gasteiger partial charge on any atom is -0.326 e. The summed E-state index contributed by atoms with van der Waals surface area (Å²) in [6.45, 7) is 4.38. The first-order valence-corrected chi connectivity index (χ1v) is 10.4. The highest BCUT2D eigenvalue weighted by molar-refractivity contribution is 6.31. The molecule has 3 aromatic rings.